The molecule has 0 unspecified atom stereocenters. The lowest BCUT2D eigenvalue weighted by Gasteiger charge is -2.26. The molecule has 0 atom stereocenters. The Morgan fingerprint density at radius 3 is 0.625 bits per heavy atom. The molecule has 0 aliphatic rings. The van der Waals surface area contributed by atoms with Gasteiger partial charge < -0.3 is 4.90 Å². The lowest BCUT2D eigenvalue weighted by Crippen LogP contribution is -2.09. The summed E-state index contributed by atoms with van der Waals surface area (Å²) in [5, 5.41) is 0. The van der Waals surface area contributed by atoms with Crippen molar-refractivity contribution in [1.82, 2.24) is 0 Å². The molecular weight excluding hydrogens is 503 g/mol. The molecule has 0 fully saturated rings. The summed E-state index contributed by atoms with van der Waals surface area (Å²) in [5.41, 5.74) is 8.64. The third kappa shape index (κ3) is 5.38. The molecule has 0 aromatic heterocycles. The summed E-state index contributed by atoms with van der Waals surface area (Å²) < 4.78 is 40.3. The Morgan fingerprint density at radius 1 is 0.250 bits per heavy atom. The summed E-state index contributed by atoms with van der Waals surface area (Å²) in [7, 11) is 0. The molecule has 6 aromatic rings. The number of rotatable bonds is 6. The van der Waals surface area contributed by atoms with Crippen LogP contribution in [0.1, 0.15) is 0 Å². The minimum Gasteiger partial charge on any atom is -0.311 e. The highest BCUT2D eigenvalue weighted by Gasteiger charge is 2.14. The molecule has 0 radical (unpaired) electrons. The molecule has 6 rings (SSSR count). The molecule has 0 heterocycles. The van der Waals surface area contributed by atoms with Gasteiger partial charge in [0.15, 0.2) is 0 Å². The van der Waals surface area contributed by atoms with E-state index in [-0.39, 0.29) is 17.5 Å². The second-order valence-corrected chi connectivity index (χ2v) is 9.50. The number of nitrogens with zero attached hydrogens (tertiary/aromatic N) is 1. The standard InChI is InChI=1S/C36H24F3N/c37-31-13-1-25(2-14-31)28-7-19-34(20-8-28)40(35-21-9-29(10-22-35)26-3-15-32(38)16-4-26)36-23-11-30(12-24-36)27-5-17-33(39)18-6-27/h1-24H. The fourth-order valence-electron chi connectivity index (χ4n) is 4.78. The minimum atomic E-state index is -0.264. The molecule has 40 heavy (non-hydrogen) atoms. The van der Waals surface area contributed by atoms with E-state index in [9.17, 15) is 13.2 Å². The number of benzene rings is 6. The van der Waals surface area contributed by atoms with E-state index in [2.05, 4.69) is 4.90 Å². The van der Waals surface area contributed by atoms with E-state index in [4.69, 9.17) is 0 Å². The molecule has 0 N–H and O–H groups in total. The Labute approximate surface area is 231 Å². The number of halogens is 3. The van der Waals surface area contributed by atoms with Gasteiger partial charge in [-0.2, -0.15) is 0 Å². The van der Waals surface area contributed by atoms with Crippen molar-refractivity contribution in [2.45, 2.75) is 0 Å². The molecule has 4 heteroatoms. The van der Waals surface area contributed by atoms with Gasteiger partial charge in [0.05, 0.1) is 0 Å². The lowest BCUT2D eigenvalue weighted by molar-refractivity contribution is 0.627. The normalized spacial score (nSPS) is 10.9. The van der Waals surface area contributed by atoms with E-state index in [0.29, 0.717) is 0 Å². The molecule has 0 spiro atoms. The first kappa shape index (κ1) is 25.2. The van der Waals surface area contributed by atoms with Crippen LogP contribution < -0.4 is 4.90 Å². The summed E-state index contributed by atoms with van der Waals surface area (Å²) in [6, 6.07) is 43.8. The van der Waals surface area contributed by atoms with Gasteiger partial charge in [-0.05, 0) is 106 Å². The zero-order valence-electron chi connectivity index (χ0n) is 21.4. The van der Waals surface area contributed by atoms with Gasteiger partial charge in [0, 0.05) is 17.1 Å². The van der Waals surface area contributed by atoms with Gasteiger partial charge in [-0.3, -0.25) is 0 Å². The van der Waals surface area contributed by atoms with Crippen LogP contribution in [0.15, 0.2) is 146 Å². The monoisotopic (exact) mass is 527 g/mol. The van der Waals surface area contributed by atoms with Crippen LogP contribution in [0, 0.1) is 17.5 Å². The van der Waals surface area contributed by atoms with Crippen molar-refractivity contribution in [3.63, 3.8) is 0 Å². The molecule has 0 saturated carbocycles. The molecule has 6 aromatic carbocycles. The topological polar surface area (TPSA) is 3.24 Å². The highest BCUT2D eigenvalue weighted by molar-refractivity contribution is 5.81. The predicted octanol–water partition coefficient (Wildman–Crippen LogP) is 10.6. The van der Waals surface area contributed by atoms with E-state index in [1.54, 1.807) is 36.4 Å². The summed E-state index contributed by atoms with van der Waals surface area (Å²) in [6.45, 7) is 0. The van der Waals surface area contributed by atoms with E-state index in [1.807, 2.05) is 72.8 Å². The van der Waals surface area contributed by atoms with Crippen LogP contribution in [-0.2, 0) is 0 Å². The maximum absolute atomic E-state index is 13.4. The second-order valence-electron chi connectivity index (χ2n) is 9.50. The second kappa shape index (κ2) is 11.0. The quantitative estimate of drug-likeness (QED) is 0.208. The Balaban J connectivity index is 1.37. The Kier molecular flexibility index (Phi) is 6.90. The Bertz CT molecular complexity index is 1500. The van der Waals surface area contributed by atoms with Crippen LogP contribution in [0.4, 0.5) is 30.2 Å². The number of hydrogen-bond donors (Lipinski definition) is 0. The molecule has 194 valence electrons. The first-order valence-electron chi connectivity index (χ1n) is 12.9. The van der Waals surface area contributed by atoms with Crippen LogP contribution in [0.3, 0.4) is 0 Å². The van der Waals surface area contributed by atoms with Gasteiger partial charge >= 0.3 is 0 Å². The number of anilines is 3. The van der Waals surface area contributed by atoms with Gasteiger partial charge in [-0.15, -0.1) is 0 Å². The van der Waals surface area contributed by atoms with E-state index < -0.39 is 0 Å². The molecule has 0 bridgehead atoms. The first-order valence-corrected chi connectivity index (χ1v) is 12.9. The van der Waals surface area contributed by atoms with Gasteiger partial charge in [-0.1, -0.05) is 72.8 Å². The van der Waals surface area contributed by atoms with Crippen molar-refractivity contribution < 1.29 is 13.2 Å². The minimum absolute atomic E-state index is 0.264. The van der Waals surface area contributed by atoms with Crippen molar-refractivity contribution in [2.75, 3.05) is 4.90 Å². The Morgan fingerprint density at radius 2 is 0.425 bits per heavy atom. The molecule has 0 amide bonds. The van der Waals surface area contributed by atoms with Crippen molar-refractivity contribution in [1.29, 1.82) is 0 Å². The van der Waals surface area contributed by atoms with Gasteiger partial charge in [0.1, 0.15) is 17.5 Å². The molecule has 0 aliphatic carbocycles. The largest absolute Gasteiger partial charge is 0.311 e. The van der Waals surface area contributed by atoms with E-state index in [1.165, 1.54) is 36.4 Å². The summed E-state index contributed by atoms with van der Waals surface area (Å²) in [4.78, 5) is 2.15. The SMILES string of the molecule is Fc1ccc(-c2ccc(N(c3ccc(-c4ccc(F)cc4)cc3)c3ccc(-c4ccc(F)cc4)cc3)cc2)cc1. The molecule has 1 nitrogen and oxygen atoms in total. The van der Waals surface area contributed by atoms with Crippen molar-refractivity contribution >= 4 is 17.1 Å². The Hall–Kier alpha value is -5.09. The van der Waals surface area contributed by atoms with Crippen LogP contribution >= 0.6 is 0 Å². The maximum Gasteiger partial charge on any atom is 0.123 e. The zero-order chi connectivity index (χ0) is 27.5. The van der Waals surface area contributed by atoms with Crippen LogP contribution in [-0.4, -0.2) is 0 Å². The maximum atomic E-state index is 13.4. The average Bonchev–Trinajstić information content (AvgIpc) is 3.00. The molecule has 0 aliphatic heterocycles. The molecular formula is C36H24F3N. The van der Waals surface area contributed by atoms with Crippen molar-refractivity contribution in [3.8, 4) is 33.4 Å². The van der Waals surface area contributed by atoms with Crippen LogP contribution in [0.2, 0.25) is 0 Å². The average molecular weight is 528 g/mol. The van der Waals surface area contributed by atoms with Crippen molar-refractivity contribution in [3.05, 3.63) is 163 Å². The van der Waals surface area contributed by atoms with Crippen LogP contribution in [0.5, 0.6) is 0 Å². The highest BCUT2D eigenvalue weighted by atomic mass is 19.1. The highest BCUT2D eigenvalue weighted by Crippen LogP contribution is 2.37. The number of hydrogen-bond acceptors (Lipinski definition) is 1. The fraction of sp³-hybridized carbons (Fsp3) is 0. The predicted molar refractivity (Wildman–Crippen MR) is 157 cm³/mol. The first-order chi connectivity index (χ1) is 19.5. The fourth-order valence-corrected chi connectivity index (χ4v) is 4.78. The van der Waals surface area contributed by atoms with E-state index in [0.717, 1.165) is 50.4 Å². The van der Waals surface area contributed by atoms with Gasteiger partial charge in [-0.25, -0.2) is 13.2 Å². The summed E-state index contributed by atoms with van der Waals surface area (Å²) in [6.07, 6.45) is 0. The summed E-state index contributed by atoms with van der Waals surface area (Å²) >= 11 is 0. The van der Waals surface area contributed by atoms with Crippen LogP contribution in [0.25, 0.3) is 33.4 Å². The van der Waals surface area contributed by atoms with Gasteiger partial charge in [0.2, 0.25) is 0 Å². The van der Waals surface area contributed by atoms with Gasteiger partial charge in [0.25, 0.3) is 0 Å². The molecule has 0 saturated heterocycles. The summed E-state index contributed by atoms with van der Waals surface area (Å²) in [5.74, 6) is -0.792. The lowest BCUT2D eigenvalue weighted by atomic mass is 10.0. The van der Waals surface area contributed by atoms with Crippen molar-refractivity contribution in [2.24, 2.45) is 0 Å². The zero-order valence-corrected chi connectivity index (χ0v) is 21.4. The van der Waals surface area contributed by atoms with E-state index >= 15 is 0 Å². The third-order valence-corrected chi connectivity index (χ3v) is 6.91. The third-order valence-electron chi connectivity index (χ3n) is 6.91. The smallest absolute Gasteiger partial charge is 0.123 e.